The van der Waals surface area contributed by atoms with E-state index in [1.54, 1.807) is 18.3 Å². The summed E-state index contributed by atoms with van der Waals surface area (Å²) in [6.07, 6.45) is 5.05. The van der Waals surface area contributed by atoms with Crippen molar-refractivity contribution in [1.29, 1.82) is 0 Å². The monoisotopic (exact) mass is 338 g/mol. The molecule has 1 saturated heterocycles. The van der Waals surface area contributed by atoms with E-state index < -0.39 is 0 Å². The lowest BCUT2D eigenvalue weighted by atomic mass is 10.1. The molecule has 2 atom stereocenters. The normalized spacial score (nSPS) is 22.5. The molecule has 5 heteroatoms. The lowest BCUT2D eigenvalue weighted by Gasteiger charge is -2.37. The van der Waals surface area contributed by atoms with Crippen molar-refractivity contribution in [3.63, 3.8) is 0 Å². The van der Waals surface area contributed by atoms with Gasteiger partial charge in [-0.1, -0.05) is 30.3 Å². The molecule has 1 aromatic carbocycles. The predicted octanol–water partition coefficient (Wildman–Crippen LogP) is 3.05. The minimum atomic E-state index is 0.0483. The number of ether oxygens (including phenoxy) is 2. The van der Waals surface area contributed by atoms with Gasteiger partial charge in [0.2, 0.25) is 5.88 Å². The third kappa shape index (κ3) is 3.51. The highest BCUT2D eigenvalue weighted by Crippen LogP contribution is 2.30. The zero-order chi connectivity index (χ0) is 17.1. The molecule has 130 valence electrons. The minimum absolute atomic E-state index is 0.0483. The molecule has 4 rings (SSSR count). The number of aromatic nitrogens is 1. The van der Waals surface area contributed by atoms with Crippen LogP contribution in [0.2, 0.25) is 0 Å². The van der Waals surface area contributed by atoms with Crippen molar-refractivity contribution >= 4 is 5.91 Å². The lowest BCUT2D eigenvalue weighted by molar-refractivity contribution is -0.0445. The summed E-state index contributed by atoms with van der Waals surface area (Å²) in [5.74, 6) is 0.526. The zero-order valence-corrected chi connectivity index (χ0v) is 14.1. The fraction of sp³-hybridized carbons (Fsp3) is 0.400. The van der Waals surface area contributed by atoms with Gasteiger partial charge in [0.15, 0.2) is 0 Å². The molecule has 2 heterocycles. The minimum Gasteiger partial charge on any atom is -0.473 e. The maximum atomic E-state index is 13.0. The molecule has 0 unspecified atom stereocenters. The van der Waals surface area contributed by atoms with Gasteiger partial charge in [-0.05, 0) is 30.9 Å². The van der Waals surface area contributed by atoms with Crippen molar-refractivity contribution in [2.75, 3.05) is 13.2 Å². The van der Waals surface area contributed by atoms with E-state index in [2.05, 4.69) is 4.98 Å². The lowest BCUT2D eigenvalue weighted by Crippen LogP contribution is -2.51. The summed E-state index contributed by atoms with van der Waals surface area (Å²) >= 11 is 0. The van der Waals surface area contributed by atoms with Crippen LogP contribution in [0.4, 0.5) is 0 Å². The molecular formula is C20H22N2O3. The Morgan fingerprint density at radius 3 is 3.00 bits per heavy atom. The molecule has 2 fully saturated rings. The number of morpholine rings is 1. The Kier molecular flexibility index (Phi) is 4.65. The van der Waals surface area contributed by atoms with Crippen molar-refractivity contribution in [3.8, 4) is 5.88 Å². The highest BCUT2D eigenvalue weighted by Gasteiger charge is 2.38. The molecule has 0 radical (unpaired) electrons. The second-order valence-electron chi connectivity index (χ2n) is 6.56. The van der Waals surface area contributed by atoms with Crippen LogP contribution in [-0.4, -0.2) is 41.1 Å². The number of nitrogens with zero attached hydrogens (tertiary/aromatic N) is 2. The first-order chi connectivity index (χ1) is 12.3. The largest absolute Gasteiger partial charge is 0.473 e. The molecule has 25 heavy (non-hydrogen) atoms. The number of amides is 1. The number of rotatable bonds is 4. The maximum absolute atomic E-state index is 13.0. The van der Waals surface area contributed by atoms with Crippen LogP contribution < -0.4 is 4.74 Å². The predicted molar refractivity (Wildman–Crippen MR) is 93.4 cm³/mol. The van der Waals surface area contributed by atoms with Crippen molar-refractivity contribution in [2.24, 2.45) is 0 Å². The summed E-state index contributed by atoms with van der Waals surface area (Å²) in [7, 11) is 0. The summed E-state index contributed by atoms with van der Waals surface area (Å²) < 4.78 is 11.5. The molecule has 2 aliphatic rings. The van der Waals surface area contributed by atoms with Crippen LogP contribution in [0.5, 0.6) is 5.88 Å². The van der Waals surface area contributed by atoms with Crippen molar-refractivity contribution in [1.82, 2.24) is 9.88 Å². The number of benzene rings is 1. The zero-order valence-electron chi connectivity index (χ0n) is 14.1. The summed E-state index contributed by atoms with van der Waals surface area (Å²) in [6.45, 7) is 1.71. The van der Waals surface area contributed by atoms with Crippen LogP contribution in [0.3, 0.4) is 0 Å². The van der Waals surface area contributed by atoms with E-state index in [-0.39, 0.29) is 18.1 Å². The van der Waals surface area contributed by atoms with Crippen LogP contribution in [0.25, 0.3) is 0 Å². The van der Waals surface area contributed by atoms with Crippen LogP contribution in [0, 0.1) is 0 Å². The van der Waals surface area contributed by atoms with Gasteiger partial charge in [-0.25, -0.2) is 4.98 Å². The summed E-state index contributed by atoms with van der Waals surface area (Å²) in [6, 6.07) is 13.6. The third-order valence-electron chi connectivity index (χ3n) is 4.95. The molecule has 1 aliphatic carbocycles. The molecule has 0 N–H and O–H groups in total. The summed E-state index contributed by atoms with van der Waals surface area (Å²) in [5, 5.41) is 0. The van der Waals surface area contributed by atoms with Crippen LogP contribution in [0.1, 0.15) is 35.2 Å². The van der Waals surface area contributed by atoms with Crippen LogP contribution >= 0.6 is 0 Å². The second kappa shape index (κ2) is 7.23. The van der Waals surface area contributed by atoms with Crippen molar-refractivity contribution in [3.05, 3.63) is 59.8 Å². The number of carbonyl (C=O) groups is 1. The second-order valence-corrected chi connectivity index (χ2v) is 6.56. The fourth-order valence-corrected chi connectivity index (χ4v) is 3.70. The fourth-order valence-electron chi connectivity index (χ4n) is 3.70. The molecule has 1 aromatic heterocycles. The molecule has 0 bridgehead atoms. The van der Waals surface area contributed by atoms with E-state index in [1.807, 2.05) is 35.2 Å². The van der Waals surface area contributed by atoms with E-state index >= 15 is 0 Å². The molecule has 2 aromatic rings. The smallest absolute Gasteiger partial charge is 0.254 e. The van der Waals surface area contributed by atoms with Crippen molar-refractivity contribution in [2.45, 2.75) is 38.0 Å². The van der Waals surface area contributed by atoms with Crippen LogP contribution in [-0.2, 0) is 11.3 Å². The van der Waals surface area contributed by atoms with Gasteiger partial charge in [-0.15, -0.1) is 0 Å². The Morgan fingerprint density at radius 1 is 1.24 bits per heavy atom. The number of hydrogen-bond acceptors (Lipinski definition) is 4. The third-order valence-corrected chi connectivity index (χ3v) is 4.95. The Labute approximate surface area is 147 Å². The average Bonchev–Trinajstić information content (AvgIpc) is 3.16. The van der Waals surface area contributed by atoms with Gasteiger partial charge in [0.05, 0.1) is 18.8 Å². The highest BCUT2D eigenvalue weighted by atomic mass is 16.5. The Balaban J connectivity index is 1.46. The molecule has 5 nitrogen and oxygen atoms in total. The quantitative estimate of drug-likeness (QED) is 0.860. The Hall–Kier alpha value is -2.40. The van der Waals surface area contributed by atoms with E-state index in [1.165, 1.54) is 0 Å². The average molecular weight is 338 g/mol. The van der Waals surface area contributed by atoms with Crippen LogP contribution in [0.15, 0.2) is 48.7 Å². The van der Waals surface area contributed by atoms with E-state index in [4.69, 9.17) is 9.47 Å². The number of fused-ring (bicyclic) bond motifs is 1. The van der Waals surface area contributed by atoms with E-state index in [0.717, 1.165) is 24.8 Å². The Morgan fingerprint density at radius 2 is 2.12 bits per heavy atom. The molecule has 1 amide bonds. The maximum Gasteiger partial charge on any atom is 0.254 e. The summed E-state index contributed by atoms with van der Waals surface area (Å²) in [4.78, 5) is 19.2. The Bertz CT molecular complexity index is 735. The first-order valence-electron chi connectivity index (χ1n) is 8.86. The topological polar surface area (TPSA) is 51.7 Å². The molecule has 1 aliphatic heterocycles. The van der Waals surface area contributed by atoms with Gasteiger partial charge in [0.1, 0.15) is 6.61 Å². The van der Waals surface area contributed by atoms with Gasteiger partial charge in [-0.3, -0.25) is 4.79 Å². The first-order valence-corrected chi connectivity index (χ1v) is 8.86. The number of hydrogen-bond donors (Lipinski definition) is 0. The van der Waals surface area contributed by atoms with Gasteiger partial charge >= 0.3 is 0 Å². The number of pyridine rings is 1. The SMILES string of the molecule is O=C(c1ccnc(OCc2ccccc2)c1)N1CCO[C@H]2CCC[C@H]21. The molecular weight excluding hydrogens is 316 g/mol. The number of carbonyl (C=O) groups excluding carboxylic acids is 1. The highest BCUT2D eigenvalue weighted by molar-refractivity contribution is 5.94. The van der Waals surface area contributed by atoms with E-state index in [0.29, 0.717) is 31.2 Å². The van der Waals surface area contributed by atoms with Gasteiger partial charge in [0.25, 0.3) is 5.91 Å². The van der Waals surface area contributed by atoms with E-state index in [9.17, 15) is 4.79 Å². The summed E-state index contributed by atoms with van der Waals surface area (Å²) in [5.41, 5.74) is 1.70. The van der Waals surface area contributed by atoms with Gasteiger partial charge < -0.3 is 14.4 Å². The molecule has 1 saturated carbocycles. The van der Waals surface area contributed by atoms with Gasteiger partial charge in [0, 0.05) is 24.4 Å². The standard InChI is InChI=1S/C20H22N2O3/c23-20(22-11-12-24-18-8-4-7-17(18)22)16-9-10-21-19(13-16)25-14-15-5-2-1-3-6-15/h1-3,5-6,9-10,13,17-18H,4,7-8,11-12,14H2/t17-,18+/m1/s1. The van der Waals surface area contributed by atoms with Gasteiger partial charge in [-0.2, -0.15) is 0 Å². The molecule has 0 spiro atoms. The van der Waals surface area contributed by atoms with Crippen molar-refractivity contribution < 1.29 is 14.3 Å². The first kappa shape index (κ1) is 16.1.